The summed E-state index contributed by atoms with van der Waals surface area (Å²) in [5.41, 5.74) is 11.8. The minimum atomic E-state index is -1.36. The smallest absolute Gasteiger partial charge is 1.00 e. The molecule has 8 heteroatoms. The molecule has 0 N–H and O–H groups in total. The first-order chi connectivity index (χ1) is 26.3. The fourth-order valence-corrected chi connectivity index (χ4v) is 5.46. The normalized spacial score (nSPS) is 9.12. The molecule has 0 saturated carbocycles. The van der Waals surface area contributed by atoms with Crippen molar-refractivity contribution < 1.29 is 119 Å². The Morgan fingerprint density at radius 1 is 0.518 bits per heavy atom. The van der Waals surface area contributed by atoms with E-state index in [1.54, 1.807) is 0 Å². The molecule has 6 rings (SSSR count). The van der Waals surface area contributed by atoms with E-state index in [0.29, 0.717) is 0 Å². The molecule has 0 saturated heterocycles. The number of rotatable bonds is 7. The number of carbonyl (C=O) groups excluding carboxylic acids is 1. The number of terminal acetylenes is 1. The molecule has 6 aromatic carbocycles. The van der Waals surface area contributed by atoms with Gasteiger partial charge in [0.1, 0.15) is 8.07 Å². The van der Waals surface area contributed by atoms with Crippen LogP contribution in [0.3, 0.4) is 0 Å². The molecule has 5 nitrogen and oxygen atoms in total. The minimum absolute atomic E-state index is 0. The number of carbonyl (C=O) groups is 1. The van der Waals surface area contributed by atoms with Crippen LogP contribution in [-0.4, -0.2) is 14.5 Å². The molecule has 0 fully saturated rings. The van der Waals surface area contributed by atoms with Crippen LogP contribution in [0.2, 0.25) is 19.6 Å². The van der Waals surface area contributed by atoms with Gasteiger partial charge in [0, 0.05) is 45.3 Å². The summed E-state index contributed by atoms with van der Waals surface area (Å²) in [6, 6.07) is 57.8. The topological polar surface area (TPSA) is 55.8 Å². The predicted octanol–water partition coefficient (Wildman–Crippen LogP) is 4.09. The van der Waals surface area contributed by atoms with Crippen molar-refractivity contribution in [3.05, 3.63) is 181 Å². The third kappa shape index (κ3) is 16.7. The maximum atomic E-state index is 8.64. The van der Waals surface area contributed by atoms with Crippen molar-refractivity contribution in [1.29, 1.82) is 0 Å². The van der Waals surface area contributed by atoms with E-state index in [1.165, 1.54) is 0 Å². The Labute approximate surface area is 419 Å². The van der Waals surface area contributed by atoms with Gasteiger partial charge in [-0.3, -0.25) is 4.79 Å². The van der Waals surface area contributed by atoms with Gasteiger partial charge in [0.2, 0.25) is 0 Å². The molecule has 266 valence electrons. The summed E-state index contributed by atoms with van der Waals surface area (Å²) in [6.07, 6.45) is 5.17. The summed E-state index contributed by atoms with van der Waals surface area (Å²) in [7, 11) is -1.36. The van der Waals surface area contributed by atoms with Crippen LogP contribution < -0.4 is 118 Å². The van der Waals surface area contributed by atoms with Gasteiger partial charge < -0.3 is 21.4 Å². The van der Waals surface area contributed by atoms with Gasteiger partial charge in [-0.2, -0.15) is 0 Å². The summed E-state index contributed by atoms with van der Waals surface area (Å²) < 4.78 is 0. The number of benzene rings is 6. The summed E-state index contributed by atoms with van der Waals surface area (Å²) in [4.78, 5) is 15.7. The zero-order valence-electron chi connectivity index (χ0n) is 33.4. The van der Waals surface area contributed by atoms with Crippen LogP contribution in [0, 0.1) is 47.5 Å². The zero-order chi connectivity index (χ0) is 38.4. The summed E-state index contributed by atoms with van der Waals surface area (Å²) >= 11 is 0. The Morgan fingerprint density at radius 2 is 0.804 bits per heavy atom. The Kier molecular flexibility index (Phi) is 23.1. The van der Waals surface area contributed by atoms with E-state index in [1.807, 2.05) is 60.7 Å². The van der Waals surface area contributed by atoms with E-state index < -0.39 is 8.07 Å². The van der Waals surface area contributed by atoms with Crippen LogP contribution in [0.5, 0.6) is 0 Å². The minimum Gasteiger partial charge on any atom is -1.00 e. The van der Waals surface area contributed by atoms with E-state index in [0.717, 1.165) is 45.3 Å². The van der Waals surface area contributed by atoms with Gasteiger partial charge in [-0.1, -0.05) is 104 Å². The van der Waals surface area contributed by atoms with E-state index in [-0.39, 0.29) is 111 Å². The molecule has 0 radical (unpaired) electrons. The van der Waals surface area contributed by atoms with Crippen molar-refractivity contribution in [3.63, 3.8) is 0 Å². The standard InChI is InChI=1S/C25H23NSi.C22H15N.CH2O3.2K.H/c1-27(2,3)21-11-10-12-22-17-19-25(20-18-22)26(23-13-6-4-7-14-23)24-15-8-5-9-16-24;1-2-3-10-19-15-17-22(18-16-19)23(20-11-6-4-7-12-20)21-13-8-5-9-14-21;2-1-4-3;;;/h4-9,13-20H,1-3H3;1,4-9,11-18H;1,3H;;;/q;;;2*+1;-1/p-1. The maximum absolute atomic E-state index is 8.64. The third-order valence-corrected chi connectivity index (χ3v) is 8.21. The molecular weight excluding hydrogens is 759 g/mol. The van der Waals surface area contributed by atoms with Crippen LogP contribution in [0.1, 0.15) is 12.6 Å². The van der Waals surface area contributed by atoms with E-state index >= 15 is 0 Å². The van der Waals surface area contributed by atoms with E-state index in [4.69, 9.17) is 16.5 Å². The summed E-state index contributed by atoms with van der Waals surface area (Å²) in [5.74, 6) is 17.0. The molecule has 56 heavy (non-hydrogen) atoms. The Hall–Kier alpha value is -3.92. The van der Waals surface area contributed by atoms with E-state index in [2.05, 4.69) is 185 Å². The van der Waals surface area contributed by atoms with Crippen molar-refractivity contribution in [2.75, 3.05) is 9.80 Å². The molecule has 0 unspecified atom stereocenters. The van der Waals surface area contributed by atoms with Crippen molar-refractivity contribution in [2.24, 2.45) is 0 Å². The molecule has 0 aliphatic heterocycles. The van der Waals surface area contributed by atoms with Crippen molar-refractivity contribution >= 4 is 48.7 Å². The second-order valence-electron chi connectivity index (χ2n) is 12.4. The SMILES string of the molecule is C#CC#Cc1ccc(N(c2ccccc2)c2ccccc2)cc1.C[Si](C)(C)C#CC#Cc1ccc(N(c2ccccc2)c2ccccc2)cc1.O=CO[O-].[H-].[K+].[K+]. The number of anilines is 6. The monoisotopic (exact) mass is 798 g/mol. The van der Waals surface area contributed by atoms with Crippen LogP contribution >= 0.6 is 0 Å². The van der Waals surface area contributed by atoms with Gasteiger partial charge in [0.25, 0.3) is 6.47 Å². The Bertz CT molecular complexity index is 2210. The zero-order valence-corrected chi connectivity index (χ0v) is 39.7. The molecule has 0 amide bonds. The van der Waals surface area contributed by atoms with Gasteiger partial charge in [-0.15, -0.1) is 12.0 Å². The fraction of sp³-hybridized carbons (Fsp3) is 0.0625. The first kappa shape index (κ1) is 48.2. The molecule has 0 aliphatic rings. The second kappa shape index (κ2) is 26.8. The summed E-state index contributed by atoms with van der Waals surface area (Å²) in [5, 5.41) is 8.43. The van der Waals surface area contributed by atoms with Gasteiger partial charge >= 0.3 is 103 Å². The Balaban J connectivity index is 0.000000501. The van der Waals surface area contributed by atoms with Crippen LogP contribution in [0.15, 0.2) is 170 Å². The second-order valence-corrected chi connectivity index (χ2v) is 17.2. The van der Waals surface area contributed by atoms with Gasteiger partial charge in [-0.05, 0) is 121 Å². The van der Waals surface area contributed by atoms with Crippen LogP contribution in [0.25, 0.3) is 0 Å². The van der Waals surface area contributed by atoms with Crippen molar-refractivity contribution in [3.8, 4) is 47.5 Å². The first-order valence-electron chi connectivity index (χ1n) is 17.1. The molecule has 0 heterocycles. The van der Waals surface area contributed by atoms with Crippen molar-refractivity contribution in [1.82, 2.24) is 0 Å². The largest absolute Gasteiger partial charge is 1.00 e. The number of hydrogen-bond donors (Lipinski definition) is 0. The van der Waals surface area contributed by atoms with Gasteiger partial charge in [-0.25, -0.2) is 0 Å². The first-order valence-corrected chi connectivity index (χ1v) is 20.6. The molecule has 0 aliphatic carbocycles. The Morgan fingerprint density at radius 3 is 1.07 bits per heavy atom. The number of nitrogens with zero attached hydrogens (tertiary/aromatic N) is 2. The molecule has 0 atom stereocenters. The summed E-state index contributed by atoms with van der Waals surface area (Å²) in [6.45, 7) is 6.48. The average Bonchev–Trinajstić information content (AvgIpc) is 3.22. The third-order valence-electron chi connectivity index (χ3n) is 7.33. The van der Waals surface area contributed by atoms with E-state index in [9.17, 15) is 0 Å². The molecule has 0 aromatic heterocycles. The molecule has 6 aromatic rings. The van der Waals surface area contributed by atoms with Crippen LogP contribution in [0.4, 0.5) is 34.1 Å². The van der Waals surface area contributed by atoms with Crippen molar-refractivity contribution in [2.45, 2.75) is 19.6 Å². The average molecular weight is 799 g/mol. The molecular formula is C48H40K2N2O3Si. The fourth-order valence-electron chi connectivity index (χ4n) is 5.02. The van der Waals surface area contributed by atoms with Crippen LogP contribution in [-0.2, 0) is 9.68 Å². The van der Waals surface area contributed by atoms with Gasteiger partial charge in [0.15, 0.2) is 0 Å². The quantitative estimate of drug-likeness (QED) is 0.0803. The molecule has 0 spiro atoms. The number of para-hydroxylation sites is 4. The molecule has 0 bridgehead atoms. The predicted molar refractivity (Wildman–Crippen MR) is 224 cm³/mol. The number of hydrogen-bond acceptors (Lipinski definition) is 5. The maximum Gasteiger partial charge on any atom is 1.00 e. The van der Waals surface area contributed by atoms with Gasteiger partial charge in [0.05, 0.1) is 0 Å².